The molecule has 0 N–H and O–H groups in total. The van der Waals surface area contributed by atoms with Gasteiger partial charge in [-0.1, -0.05) is 24.3 Å². The standard InChI is InChI=1S/C13H8N2O2/c16-15(17)12-8-9-4-1-2-5-10(9)13-11(12)6-3-7-14-13/h1-8H. The van der Waals surface area contributed by atoms with Crippen LogP contribution in [0.25, 0.3) is 21.7 Å². The maximum atomic E-state index is 11.0. The number of fused-ring (bicyclic) bond motifs is 3. The molecule has 0 saturated carbocycles. The minimum atomic E-state index is -0.365. The van der Waals surface area contributed by atoms with Crippen LogP contribution in [-0.2, 0) is 0 Å². The van der Waals surface area contributed by atoms with E-state index in [9.17, 15) is 10.1 Å². The van der Waals surface area contributed by atoms with Gasteiger partial charge in [-0.2, -0.15) is 0 Å². The van der Waals surface area contributed by atoms with Crippen molar-refractivity contribution in [2.24, 2.45) is 0 Å². The first-order valence-electron chi connectivity index (χ1n) is 5.18. The van der Waals surface area contributed by atoms with Gasteiger partial charge in [0.2, 0.25) is 0 Å². The molecule has 3 aromatic rings. The molecule has 0 aliphatic rings. The molecule has 17 heavy (non-hydrogen) atoms. The van der Waals surface area contributed by atoms with Gasteiger partial charge in [-0.3, -0.25) is 15.1 Å². The third-order valence-corrected chi connectivity index (χ3v) is 2.79. The summed E-state index contributed by atoms with van der Waals surface area (Å²) in [7, 11) is 0. The van der Waals surface area contributed by atoms with E-state index in [0.29, 0.717) is 10.9 Å². The molecule has 82 valence electrons. The lowest BCUT2D eigenvalue weighted by Crippen LogP contribution is -1.91. The Labute approximate surface area is 96.7 Å². The maximum absolute atomic E-state index is 11.0. The Bertz CT molecular complexity index is 738. The molecule has 0 aliphatic heterocycles. The van der Waals surface area contributed by atoms with E-state index < -0.39 is 0 Å². The van der Waals surface area contributed by atoms with Crippen LogP contribution in [0, 0.1) is 10.1 Å². The maximum Gasteiger partial charge on any atom is 0.279 e. The average Bonchev–Trinajstić information content (AvgIpc) is 2.37. The summed E-state index contributed by atoms with van der Waals surface area (Å²) < 4.78 is 0. The summed E-state index contributed by atoms with van der Waals surface area (Å²) in [6, 6.07) is 12.6. The lowest BCUT2D eigenvalue weighted by Gasteiger charge is -2.03. The molecule has 0 atom stereocenters. The van der Waals surface area contributed by atoms with E-state index in [-0.39, 0.29) is 10.6 Å². The van der Waals surface area contributed by atoms with Gasteiger partial charge in [0.15, 0.2) is 0 Å². The highest BCUT2D eigenvalue weighted by atomic mass is 16.6. The fourth-order valence-electron chi connectivity index (χ4n) is 2.04. The third kappa shape index (κ3) is 1.42. The monoisotopic (exact) mass is 224 g/mol. The quantitative estimate of drug-likeness (QED) is 0.362. The number of nitro groups is 1. The van der Waals surface area contributed by atoms with Crippen molar-refractivity contribution in [1.29, 1.82) is 0 Å². The van der Waals surface area contributed by atoms with E-state index in [2.05, 4.69) is 4.98 Å². The minimum Gasteiger partial charge on any atom is -0.258 e. The molecule has 0 fully saturated rings. The topological polar surface area (TPSA) is 56.0 Å². The summed E-state index contributed by atoms with van der Waals surface area (Å²) in [6.45, 7) is 0. The van der Waals surface area contributed by atoms with Gasteiger partial charge in [-0.25, -0.2) is 0 Å². The number of rotatable bonds is 1. The normalized spacial score (nSPS) is 10.8. The van der Waals surface area contributed by atoms with Gasteiger partial charge in [0.25, 0.3) is 5.69 Å². The van der Waals surface area contributed by atoms with Crippen molar-refractivity contribution in [2.45, 2.75) is 0 Å². The second-order valence-corrected chi connectivity index (χ2v) is 3.77. The lowest BCUT2D eigenvalue weighted by atomic mass is 10.0. The summed E-state index contributed by atoms with van der Waals surface area (Å²) in [5.74, 6) is 0. The molecule has 2 aromatic carbocycles. The molecule has 4 heteroatoms. The molecule has 3 rings (SSSR count). The fourth-order valence-corrected chi connectivity index (χ4v) is 2.04. The summed E-state index contributed by atoms with van der Waals surface area (Å²) in [6.07, 6.45) is 1.65. The molecule has 0 amide bonds. The molecule has 0 spiro atoms. The molecule has 0 unspecified atom stereocenters. The highest BCUT2D eigenvalue weighted by Gasteiger charge is 2.14. The van der Waals surface area contributed by atoms with Crippen molar-refractivity contribution < 1.29 is 4.92 Å². The number of nitro benzene ring substituents is 1. The van der Waals surface area contributed by atoms with Crippen LogP contribution < -0.4 is 0 Å². The summed E-state index contributed by atoms with van der Waals surface area (Å²) in [5, 5.41) is 13.4. The predicted molar refractivity (Wildman–Crippen MR) is 65.9 cm³/mol. The van der Waals surface area contributed by atoms with Crippen LogP contribution in [0.1, 0.15) is 0 Å². The largest absolute Gasteiger partial charge is 0.279 e. The zero-order valence-electron chi connectivity index (χ0n) is 8.83. The van der Waals surface area contributed by atoms with Crippen molar-refractivity contribution in [3.8, 4) is 0 Å². The van der Waals surface area contributed by atoms with Crippen molar-refractivity contribution in [3.05, 3.63) is 58.8 Å². The summed E-state index contributed by atoms with van der Waals surface area (Å²) in [5.41, 5.74) is 0.782. The van der Waals surface area contributed by atoms with Crippen molar-refractivity contribution in [2.75, 3.05) is 0 Å². The van der Waals surface area contributed by atoms with Crippen LogP contribution in [0.3, 0.4) is 0 Å². The van der Waals surface area contributed by atoms with Crippen molar-refractivity contribution >= 4 is 27.4 Å². The Morgan fingerprint density at radius 1 is 1.06 bits per heavy atom. The zero-order valence-corrected chi connectivity index (χ0v) is 8.83. The Morgan fingerprint density at radius 3 is 2.65 bits per heavy atom. The summed E-state index contributed by atoms with van der Waals surface area (Å²) in [4.78, 5) is 14.9. The van der Waals surface area contributed by atoms with E-state index in [1.165, 1.54) is 0 Å². The fraction of sp³-hybridized carbons (Fsp3) is 0. The van der Waals surface area contributed by atoms with Crippen LogP contribution in [0.5, 0.6) is 0 Å². The molecule has 0 aliphatic carbocycles. The molecular weight excluding hydrogens is 216 g/mol. The molecule has 0 radical (unpaired) electrons. The van der Waals surface area contributed by atoms with Gasteiger partial charge >= 0.3 is 0 Å². The smallest absolute Gasteiger partial charge is 0.258 e. The van der Waals surface area contributed by atoms with Crippen LogP contribution in [0.2, 0.25) is 0 Å². The first-order chi connectivity index (χ1) is 8.27. The number of benzene rings is 2. The second kappa shape index (κ2) is 3.52. The summed E-state index contributed by atoms with van der Waals surface area (Å²) >= 11 is 0. The second-order valence-electron chi connectivity index (χ2n) is 3.77. The van der Waals surface area contributed by atoms with Crippen LogP contribution in [0.15, 0.2) is 48.7 Å². The third-order valence-electron chi connectivity index (χ3n) is 2.79. The number of non-ortho nitro benzene ring substituents is 1. The van der Waals surface area contributed by atoms with E-state index >= 15 is 0 Å². The Hall–Kier alpha value is -2.49. The minimum absolute atomic E-state index is 0.104. The van der Waals surface area contributed by atoms with E-state index in [1.807, 2.05) is 24.3 Å². The van der Waals surface area contributed by atoms with E-state index in [0.717, 1.165) is 10.8 Å². The first kappa shape index (κ1) is 9.72. The number of nitrogens with zero attached hydrogens (tertiary/aromatic N) is 2. The van der Waals surface area contributed by atoms with Crippen molar-refractivity contribution in [1.82, 2.24) is 4.98 Å². The predicted octanol–water partition coefficient (Wildman–Crippen LogP) is 3.30. The van der Waals surface area contributed by atoms with Crippen LogP contribution in [-0.4, -0.2) is 9.91 Å². The number of hydrogen-bond donors (Lipinski definition) is 0. The molecule has 4 nitrogen and oxygen atoms in total. The Balaban J connectivity index is 2.59. The van der Waals surface area contributed by atoms with Gasteiger partial charge < -0.3 is 0 Å². The molecular formula is C13H8N2O2. The average molecular weight is 224 g/mol. The number of pyridine rings is 1. The molecule has 0 bridgehead atoms. The SMILES string of the molecule is O=[N+]([O-])c1cc2ccccc2c2ncccc12. The lowest BCUT2D eigenvalue weighted by molar-refractivity contribution is -0.382. The molecule has 0 saturated heterocycles. The van der Waals surface area contributed by atoms with Gasteiger partial charge in [0, 0.05) is 17.6 Å². The molecule has 1 heterocycles. The Kier molecular flexibility index (Phi) is 2.01. The van der Waals surface area contributed by atoms with Crippen LogP contribution in [0.4, 0.5) is 5.69 Å². The highest BCUT2D eigenvalue weighted by molar-refractivity contribution is 6.09. The number of hydrogen-bond acceptors (Lipinski definition) is 3. The Morgan fingerprint density at radius 2 is 1.82 bits per heavy atom. The van der Waals surface area contributed by atoms with E-state index in [4.69, 9.17) is 0 Å². The van der Waals surface area contributed by atoms with Crippen molar-refractivity contribution in [3.63, 3.8) is 0 Å². The molecule has 1 aromatic heterocycles. The van der Waals surface area contributed by atoms with Gasteiger partial charge in [-0.05, 0) is 17.5 Å². The number of aromatic nitrogens is 1. The first-order valence-corrected chi connectivity index (χ1v) is 5.18. The zero-order chi connectivity index (χ0) is 11.8. The van der Waals surface area contributed by atoms with Gasteiger partial charge in [-0.15, -0.1) is 0 Å². The van der Waals surface area contributed by atoms with Gasteiger partial charge in [0.05, 0.1) is 15.8 Å². The van der Waals surface area contributed by atoms with Crippen LogP contribution >= 0.6 is 0 Å². The highest BCUT2D eigenvalue weighted by Crippen LogP contribution is 2.31. The van der Waals surface area contributed by atoms with E-state index in [1.54, 1.807) is 24.4 Å². The van der Waals surface area contributed by atoms with Gasteiger partial charge in [0.1, 0.15) is 0 Å².